The minimum absolute atomic E-state index is 0.0399. The highest BCUT2D eigenvalue weighted by Crippen LogP contribution is 2.22. The standard InChI is InChI=1S/C15H21NO4S/c1-4-10-16(11-15(17)18)21(19,20)14-8-6-13(7-9-14)12(3)5-2/h4,6-9,12H,1,5,10-11H2,2-3H3,(H,17,18). The first-order valence-corrected chi connectivity index (χ1v) is 8.19. The summed E-state index contributed by atoms with van der Waals surface area (Å²) in [7, 11) is -3.83. The van der Waals surface area contributed by atoms with Gasteiger partial charge in [-0.2, -0.15) is 4.31 Å². The SMILES string of the molecule is C=CCN(CC(=O)O)S(=O)(=O)c1ccc(C(C)CC)cc1. The molecular weight excluding hydrogens is 290 g/mol. The number of sulfonamides is 1. The zero-order chi connectivity index (χ0) is 16.0. The zero-order valence-corrected chi connectivity index (χ0v) is 13.1. The van der Waals surface area contributed by atoms with Crippen LogP contribution in [0.5, 0.6) is 0 Å². The molecule has 1 atom stereocenters. The zero-order valence-electron chi connectivity index (χ0n) is 12.3. The Labute approximate surface area is 126 Å². The molecular formula is C15H21NO4S. The largest absolute Gasteiger partial charge is 0.480 e. The van der Waals surface area contributed by atoms with E-state index in [0.29, 0.717) is 5.92 Å². The highest BCUT2D eigenvalue weighted by Gasteiger charge is 2.25. The Kier molecular flexibility index (Phi) is 6.11. The molecule has 1 N–H and O–H groups in total. The van der Waals surface area contributed by atoms with E-state index in [1.165, 1.54) is 18.2 Å². The molecule has 116 valence electrons. The summed E-state index contributed by atoms with van der Waals surface area (Å²) in [6, 6.07) is 6.59. The second-order valence-electron chi connectivity index (χ2n) is 4.86. The number of hydrogen-bond donors (Lipinski definition) is 1. The molecule has 0 saturated heterocycles. The molecule has 1 rings (SSSR count). The van der Waals surface area contributed by atoms with Crippen LogP contribution in [0.25, 0.3) is 0 Å². The second kappa shape index (κ2) is 7.38. The maximum atomic E-state index is 12.4. The van der Waals surface area contributed by atoms with Gasteiger partial charge >= 0.3 is 5.97 Å². The monoisotopic (exact) mass is 311 g/mol. The smallest absolute Gasteiger partial charge is 0.318 e. The van der Waals surface area contributed by atoms with Crippen molar-refractivity contribution in [2.24, 2.45) is 0 Å². The average Bonchev–Trinajstić information content (AvgIpc) is 2.45. The maximum Gasteiger partial charge on any atom is 0.318 e. The van der Waals surface area contributed by atoms with Gasteiger partial charge in [0.1, 0.15) is 6.54 Å². The lowest BCUT2D eigenvalue weighted by Crippen LogP contribution is -2.35. The average molecular weight is 311 g/mol. The van der Waals surface area contributed by atoms with Gasteiger partial charge in [-0.1, -0.05) is 32.1 Å². The first-order chi connectivity index (χ1) is 9.82. The Balaban J connectivity index is 3.10. The predicted octanol–water partition coefficient (Wildman–Crippen LogP) is 2.46. The van der Waals surface area contributed by atoms with E-state index in [9.17, 15) is 13.2 Å². The van der Waals surface area contributed by atoms with E-state index in [2.05, 4.69) is 20.4 Å². The van der Waals surface area contributed by atoms with Crippen molar-refractivity contribution in [1.29, 1.82) is 0 Å². The number of rotatable bonds is 8. The fourth-order valence-corrected chi connectivity index (χ4v) is 3.26. The molecule has 21 heavy (non-hydrogen) atoms. The van der Waals surface area contributed by atoms with Crippen LogP contribution in [0.1, 0.15) is 31.7 Å². The van der Waals surface area contributed by atoms with Gasteiger partial charge in [0.15, 0.2) is 0 Å². The summed E-state index contributed by atoms with van der Waals surface area (Å²) in [6.07, 6.45) is 2.34. The third-order valence-electron chi connectivity index (χ3n) is 3.34. The summed E-state index contributed by atoms with van der Waals surface area (Å²) in [5, 5.41) is 8.83. The molecule has 0 aliphatic carbocycles. The van der Waals surface area contributed by atoms with Crippen LogP contribution in [0, 0.1) is 0 Å². The Morgan fingerprint density at radius 1 is 1.38 bits per heavy atom. The number of carboxylic acids is 1. The van der Waals surface area contributed by atoms with Gasteiger partial charge in [-0.25, -0.2) is 8.42 Å². The summed E-state index contributed by atoms with van der Waals surface area (Å²) in [5.41, 5.74) is 1.06. The molecule has 0 radical (unpaired) electrons. The van der Waals surface area contributed by atoms with Crippen LogP contribution in [0.4, 0.5) is 0 Å². The lowest BCUT2D eigenvalue weighted by atomic mass is 9.99. The minimum Gasteiger partial charge on any atom is -0.480 e. The molecule has 1 aromatic rings. The van der Waals surface area contributed by atoms with E-state index >= 15 is 0 Å². The molecule has 0 bridgehead atoms. The van der Waals surface area contributed by atoms with E-state index in [0.717, 1.165) is 16.3 Å². The van der Waals surface area contributed by atoms with E-state index in [4.69, 9.17) is 5.11 Å². The fraction of sp³-hybridized carbons (Fsp3) is 0.400. The molecule has 0 aliphatic heterocycles. The van der Waals surface area contributed by atoms with Crippen molar-refractivity contribution in [2.45, 2.75) is 31.1 Å². The predicted molar refractivity (Wildman–Crippen MR) is 81.7 cm³/mol. The third kappa shape index (κ3) is 4.41. The van der Waals surface area contributed by atoms with E-state index in [-0.39, 0.29) is 11.4 Å². The van der Waals surface area contributed by atoms with Gasteiger partial charge < -0.3 is 5.11 Å². The van der Waals surface area contributed by atoms with Crippen molar-refractivity contribution in [3.8, 4) is 0 Å². The highest BCUT2D eigenvalue weighted by atomic mass is 32.2. The van der Waals surface area contributed by atoms with E-state index < -0.39 is 22.5 Å². The lowest BCUT2D eigenvalue weighted by molar-refractivity contribution is -0.137. The molecule has 0 aliphatic rings. The number of nitrogens with zero attached hydrogens (tertiary/aromatic N) is 1. The number of aliphatic carboxylic acids is 1. The highest BCUT2D eigenvalue weighted by molar-refractivity contribution is 7.89. The van der Waals surface area contributed by atoms with Gasteiger partial charge in [0, 0.05) is 6.54 Å². The molecule has 0 spiro atoms. The van der Waals surface area contributed by atoms with Crippen molar-refractivity contribution in [1.82, 2.24) is 4.31 Å². The van der Waals surface area contributed by atoms with Crippen molar-refractivity contribution in [2.75, 3.05) is 13.1 Å². The topological polar surface area (TPSA) is 74.7 Å². The number of hydrogen-bond acceptors (Lipinski definition) is 3. The van der Waals surface area contributed by atoms with Gasteiger partial charge in [-0.05, 0) is 30.0 Å². The van der Waals surface area contributed by atoms with Crippen molar-refractivity contribution in [3.63, 3.8) is 0 Å². The van der Waals surface area contributed by atoms with Gasteiger partial charge in [0.05, 0.1) is 4.90 Å². The number of benzene rings is 1. The first kappa shape index (κ1) is 17.4. The molecule has 1 unspecified atom stereocenters. The Morgan fingerprint density at radius 2 is 1.95 bits per heavy atom. The van der Waals surface area contributed by atoms with Crippen molar-refractivity contribution in [3.05, 3.63) is 42.5 Å². The number of carboxylic acid groups (broad SMARTS) is 1. The Bertz CT molecular complexity index is 593. The van der Waals surface area contributed by atoms with Crippen LogP contribution in [0.15, 0.2) is 41.8 Å². The second-order valence-corrected chi connectivity index (χ2v) is 6.80. The summed E-state index contributed by atoms with van der Waals surface area (Å²) >= 11 is 0. The maximum absolute atomic E-state index is 12.4. The summed E-state index contributed by atoms with van der Waals surface area (Å²) < 4.78 is 25.7. The molecule has 0 amide bonds. The molecule has 6 heteroatoms. The van der Waals surface area contributed by atoms with E-state index in [1.807, 2.05) is 0 Å². The molecule has 1 aromatic carbocycles. The Hall–Kier alpha value is -1.66. The van der Waals surface area contributed by atoms with Gasteiger partial charge in [0.25, 0.3) is 0 Å². The van der Waals surface area contributed by atoms with Crippen LogP contribution in [-0.4, -0.2) is 36.9 Å². The first-order valence-electron chi connectivity index (χ1n) is 6.75. The minimum atomic E-state index is -3.83. The van der Waals surface area contributed by atoms with Gasteiger partial charge in [-0.15, -0.1) is 6.58 Å². The van der Waals surface area contributed by atoms with E-state index in [1.54, 1.807) is 12.1 Å². The van der Waals surface area contributed by atoms with Gasteiger partial charge in [0.2, 0.25) is 10.0 Å². The van der Waals surface area contributed by atoms with Crippen LogP contribution >= 0.6 is 0 Å². The lowest BCUT2D eigenvalue weighted by Gasteiger charge is -2.19. The van der Waals surface area contributed by atoms with Gasteiger partial charge in [-0.3, -0.25) is 4.79 Å². The molecule has 0 fully saturated rings. The van der Waals surface area contributed by atoms with Crippen LogP contribution in [-0.2, 0) is 14.8 Å². The van der Waals surface area contributed by atoms with Crippen molar-refractivity contribution < 1.29 is 18.3 Å². The Morgan fingerprint density at radius 3 is 2.38 bits per heavy atom. The fourth-order valence-electron chi connectivity index (χ4n) is 1.90. The molecule has 0 saturated carbocycles. The summed E-state index contributed by atoms with van der Waals surface area (Å²) in [5.74, 6) is -0.846. The van der Waals surface area contributed by atoms with Crippen LogP contribution < -0.4 is 0 Å². The van der Waals surface area contributed by atoms with Crippen LogP contribution in [0.3, 0.4) is 0 Å². The molecule has 0 aromatic heterocycles. The quantitative estimate of drug-likeness (QED) is 0.748. The summed E-state index contributed by atoms with van der Waals surface area (Å²) in [4.78, 5) is 10.9. The normalized spacial score (nSPS) is 13.1. The third-order valence-corrected chi connectivity index (χ3v) is 5.17. The van der Waals surface area contributed by atoms with Crippen LogP contribution in [0.2, 0.25) is 0 Å². The molecule has 0 heterocycles. The summed E-state index contributed by atoms with van der Waals surface area (Å²) in [6.45, 7) is 6.97. The number of carbonyl (C=O) groups is 1. The van der Waals surface area contributed by atoms with Crippen molar-refractivity contribution >= 4 is 16.0 Å². The molecule has 5 nitrogen and oxygen atoms in total.